The van der Waals surface area contributed by atoms with Crippen LogP contribution in [0.3, 0.4) is 0 Å². The molecule has 2 N–H and O–H groups in total. The molecule has 5 nitrogen and oxygen atoms in total. The lowest BCUT2D eigenvalue weighted by atomic mass is 10.1. The fraction of sp³-hybridized carbons (Fsp3) is 0.125. The Balaban J connectivity index is 2.14. The summed E-state index contributed by atoms with van der Waals surface area (Å²) in [4.78, 5) is 24.5. The van der Waals surface area contributed by atoms with Gasteiger partial charge in [-0.1, -0.05) is 36.4 Å². The molecule has 21 heavy (non-hydrogen) atoms. The summed E-state index contributed by atoms with van der Waals surface area (Å²) in [6.45, 7) is 0. The molecule has 0 radical (unpaired) electrons. The van der Waals surface area contributed by atoms with Gasteiger partial charge in [-0.15, -0.1) is 0 Å². The lowest BCUT2D eigenvalue weighted by molar-refractivity contribution is -0.136. The third-order valence-corrected chi connectivity index (χ3v) is 3.05. The van der Waals surface area contributed by atoms with Crippen molar-refractivity contribution in [3.63, 3.8) is 0 Å². The van der Waals surface area contributed by atoms with Crippen LogP contribution in [0, 0.1) is 0 Å². The fourth-order valence-electron chi connectivity index (χ4n) is 1.93. The number of urea groups is 1. The van der Waals surface area contributed by atoms with Crippen molar-refractivity contribution in [1.82, 2.24) is 0 Å². The zero-order valence-corrected chi connectivity index (χ0v) is 11.6. The highest BCUT2D eigenvalue weighted by Gasteiger charge is 2.13. The van der Waals surface area contributed by atoms with Gasteiger partial charge < -0.3 is 10.4 Å². The molecule has 0 saturated heterocycles. The van der Waals surface area contributed by atoms with Gasteiger partial charge in [-0.3, -0.25) is 9.69 Å². The molecule has 0 aliphatic carbocycles. The van der Waals surface area contributed by atoms with E-state index in [-0.39, 0.29) is 12.5 Å². The van der Waals surface area contributed by atoms with Crippen molar-refractivity contribution in [2.45, 2.75) is 6.42 Å². The average molecular weight is 284 g/mol. The Morgan fingerprint density at radius 3 is 2.33 bits per heavy atom. The molecule has 2 rings (SSSR count). The van der Waals surface area contributed by atoms with Gasteiger partial charge in [-0.05, 0) is 23.8 Å². The molecule has 0 atom stereocenters. The monoisotopic (exact) mass is 284 g/mol. The second-order valence-electron chi connectivity index (χ2n) is 4.55. The first-order valence-corrected chi connectivity index (χ1v) is 6.47. The topological polar surface area (TPSA) is 69.6 Å². The fourth-order valence-corrected chi connectivity index (χ4v) is 1.93. The van der Waals surface area contributed by atoms with Crippen LogP contribution in [0.1, 0.15) is 5.56 Å². The molecule has 5 heteroatoms. The normalized spacial score (nSPS) is 9.95. The van der Waals surface area contributed by atoms with Crippen LogP contribution in [-0.4, -0.2) is 24.2 Å². The predicted octanol–water partition coefficient (Wildman–Crippen LogP) is 2.98. The highest BCUT2D eigenvalue weighted by Crippen LogP contribution is 2.18. The number of para-hydroxylation sites is 2. The molecule has 2 aromatic rings. The number of carboxylic acids is 1. The molecule has 0 aromatic heterocycles. The minimum atomic E-state index is -0.937. The lowest BCUT2D eigenvalue weighted by Crippen LogP contribution is -2.31. The SMILES string of the molecule is CN(C(=O)Nc1ccccc1CC(=O)O)c1ccccc1. The van der Waals surface area contributed by atoms with E-state index in [1.54, 1.807) is 31.3 Å². The molecule has 0 bridgehead atoms. The Hall–Kier alpha value is -2.82. The summed E-state index contributed by atoms with van der Waals surface area (Å²) in [5.41, 5.74) is 1.83. The third-order valence-electron chi connectivity index (χ3n) is 3.05. The number of rotatable bonds is 4. The van der Waals surface area contributed by atoms with Crippen LogP contribution in [0.25, 0.3) is 0 Å². The molecular formula is C16H16N2O3. The van der Waals surface area contributed by atoms with Gasteiger partial charge in [-0.25, -0.2) is 4.79 Å². The first-order valence-electron chi connectivity index (χ1n) is 6.47. The largest absolute Gasteiger partial charge is 0.481 e. The molecule has 0 aliphatic heterocycles. The van der Waals surface area contributed by atoms with Crippen LogP contribution in [0.2, 0.25) is 0 Å². The van der Waals surface area contributed by atoms with Crippen molar-refractivity contribution < 1.29 is 14.7 Å². The van der Waals surface area contributed by atoms with Gasteiger partial charge in [0.2, 0.25) is 0 Å². The Bertz CT molecular complexity index is 641. The molecule has 0 heterocycles. The molecule has 2 aromatic carbocycles. The van der Waals surface area contributed by atoms with E-state index in [4.69, 9.17) is 5.11 Å². The Kier molecular flexibility index (Phi) is 4.56. The summed E-state index contributed by atoms with van der Waals surface area (Å²) in [7, 11) is 1.66. The van der Waals surface area contributed by atoms with E-state index in [1.165, 1.54) is 4.90 Å². The average Bonchev–Trinajstić information content (AvgIpc) is 2.49. The zero-order valence-electron chi connectivity index (χ0n) is 11.6. The van der Waals surface area contributed by atoms with E-state index in [9.17, 15) is 9.59 Å². The minimum absolute atomic E-state index is 0.133. The maximum atomic E-state index is 12.2. The molecule has 0 fully saturated rings. The summed E-state index contributed by atoms with van der Waals surface area (Å²) in [6.07, 6.45) is -0.133. The highest BCUT2D eigenvalue weighted by molar-refractivity contribution is 6.02. The number of carbonyl (C=O) groups excluding carboxylic acids is 1. The van der Waals surface area contributed by atoms with Gasteiger partial charge in [-0.2, -0.15) is 0 Å². The van der Waals surface area contributed by atoms with Crippen molar-refractivity contribution >= 4 is 23.4 Å². The van der Waals surface area contributed by atoms with Crippen molar-refractivity contribution in [2.24, 2.45) is 0 Å². The number of carbonyl (C=O) groups is 2. The second-order valence-corrected chi connectivity index (χ2v) is 4.55. The number of nitrogens with one attached hydrogen (secondary N) is 1. The summed E-state index contributed by atoms with van der Waals surface area (Å²) in [5.74, 6) is -0.937. The smallest absolute Gasteiger partial charge is 0.326 e. The van der Waals surface area contributed by atoms with Crippen LogP contribution in [-0.2, 0) is 11.2 Å². The molecule has 0 saturated carbocycles. The zero-order chi connectivity index (χ0) is 15.2. The molecule has 0 spiro atoms. The van der Waals surface area contributed by atoms with Crippen molar-refractivity contribution in [3.8, 4) is 0 Å². The van der Waals surface area contributed by atoms with Crippen LogP contribution in [0.5, 0.6) is 0 Å². The quantitative estimate of drug-likeness (QED) is 0.906. The maximum absolute atomic E-state index is 12.2. The molecule has 108 valence electrons. The van der Waals surface area contributed by atoms with Crippen molar-refractivity contribution in [1.29, 1.82) is 0 Å². The number of anilines is 2. The van der Waals surface area contributed by atoms with Crippen LogP contribution in [0.4, 0.5) is 16.2 Å². The van der Waals surface area contributed by atoms with E-state index in [2.05, 4.69) is 5.32 Å². The van der Waals surface area contributed by atoms with Crippen LogP contribution >= 0.6 is 0 Å². The van der Waals surface area contributed by atoms with Crippen LogP contribution < -0.4 is 10.2 Å². The summed E-state index contributed by atoms with van der Waals surface area (Å²) in [6, 6.07) is 15.8. The lowest BCUT2D eigenvalue weighted by Gasteiger charge is -2.19. The van der Waals surface area contributed by atoms with Gasteiger partial charge in [0.25, 0.3) is 0 Å². The number of hydrogen-bond acceptors (Lipinski definition) is 2. The number of carboxylic acid groups (broad SMARTS) is 1. The van der Waals surface area contributed by atoms with Gasteiger partial charge in [0.15, 0.2) is 0 Å². The van der Waals surface area contributed by atoms with Gasteiger partial charge in [0.1, 0.15) is 0 Å². The van der Waals surface area contributed by atoms with E-state index in [1.807, 2.05) is 30.3 Å². The van der Waals surface area contributed by atoms with Crippen LogP contribution in [0.15, 0.2) is 54.6 Å². The number of hydrogen-bond donors (Lipinski definition) is 2. The maximum Gasteiger partial charge on any atom is 0.326 e. The van der Waals surface area contributed by atoms with Gasteiger partial charge in [0, 0.05) is 18.4 Å². The number of amides is 2. The van der Waals surface area contributed by atoms with Gasteiger partial charge in [0.05, 0.1) is 6.42 Å². The van der Waals surface area contributed by atoms with E-state index < -0.39 is 5.97 Å². The third kappa shape index (κ3) is 3.82. The summed E-state index contributed by atoms with van der Waals surface area (Å²) >= 11 is 0. The number of benzene rings is 2. The Morgan fingerprint density at radius 2 is 1.67 bits per heavy atom. The van der Waals surface area contributed by atoms with E-state index in [0.717, 1.165) is 5.69 Å². The van der Waals surface area contributed by atoms with Crippen molar-refractivity contribution in [2.75, 3.05) is 17.3 Å². The summed E-state index contributed by atoms with van der Waals surface area (Å²) < 4.78 is 0. The number of aliphatic carboxylic acids is 1. The first kappa shape index (κ1) is 14.6. The number of nitrogens with zero attached hydrogens (tertiary/aromatic N) is 1. The van der Waals surface area contributed by atoms with Crippen molar-refractivity contribution in [3.05, 3.63) is 60.2 Å². The van der Waals surface area contributed by atoms with E-state index >= 15 is 0 Å². The first-order chi connectivity index (χ1) is 10.1. The van der Waals surface area contributed by atoms with Gasteiger partial charge >= 0.3 is 12.0 Å². The minimum Gasteiger partial charge on any atom is -0.481 e. The highest BCUT2D eigenvalue weighted by atomic mass is 16.4. The molecule has 2 amide bonds. The van der Waals surface area contributed by atoms with E-state index in [0.29, 0.717) is 11.3 Å². The Morgan fingerprint density at radius 1 is 1.05 bits per heavy atom. The molecule has 0 aliphatic rings. The summed E-state index contributed by atoms with van der Waals surface area (Å²) in [5, 5.41) is 11.6. The predicted molar refractivity (Wildman–Crippen MR) is 81.6 cm³/mol. The molecular weight excluding hydrogens is 268 g/mol. The Labute approximate surface area is 122 Å². The molecule has 0 unspecified atom stereocenters. The second kappa shape index (κ2) is 6.56. The standard InChI is InChI=1S/C16H16N2O3/c1-18(13-8-3-2-4-9-13)16(21)17-14-10-6-5-7-12(14)11-15(19)20/h2-10H,11H2,1H3,(H,17,21)(H,19,20).